The number of amides is 1. The third-order valence-electron chi connectivity index (χ3n) is 3.60. The summed E-state index contributed by atoms with van der Waals surface area (Å²) in [7, 11) is 3.02. The Morgan fingerprint density at radius 3 is 2.60 bits per heavy atom. The van der Waals surface area contributed by atoms with Crippen LogP contribution in [0.2, 0.25) is 0 Å². The van der Waals surface area contributed by atoms with Crippen molar-refractivity contribution in [3.05, 3.63) is 59.9 Å². The molecular formula is C18H16FN3O3. The first-order valence-corrected chi connectivity index (χ1v) is 7.45. The van der Waals surface area contributed by atoms with E-state index < -0.39 is 0 Å². The van der Waals surface area contributed by atoms with Crippen LogP contribution in [0.15, 0.2) is 48.5 Å². The van der Waals surface area contributed by atoms with E-state index in [2.05, 4.69) is 15.5 Å². The molecule has 0 bridgehead atoms. The zero-order chi connectivity index (χ0) is 17.8. The lowest BCUT2D eigenvalue weighted by molar-refractivity contribution is 0.102. The van der Waals surface area contributed by atoms with Gasteiger partial charge < -0.3 is 14.8 Å². The summed E-state index contributed by atoms with van der Waals surface area (Å²) >= 11 is 0. The monoisotopic (exact) mass is 341 g/mol. The fourth-order valence-corrected chi connectivity index (χ4v) is 2.36. The number of ether oxygens (including phenoxy) is 2. The van der Waals surface area contributed by atoms with Gasteiger partial charge in [0, 0.05) is 17.2 Å². The van der Waals surface area contributed by atoms with Crippen LogP contribution in [-0.2, 0) is 0 Å². The van der Waals surface area contributed by atoms with Crippen molar-refractivity contribution < 1.29 is 18.7 Å². The van der Waals surface area contributed by atoms with E-state index in [9.17, 15) is 9.18 Å². The van der Waals surface area contributed by atoms with Gasteiger partial charge in [0.2, 0.25) is 0 Å². The summed E-state index contributed by atoms with van der Waals surface area (Å²) in [5.74, 6) is 0.630. The molecule has 7 heteroatoms. The second-order valence-corrected chi connectivity index (χ2v) is 5.20. The van der Waals surface area contributed by atoms with Crippen LogP contribution in [-0.4, -0.2) is 30.3 Å². The number of halogens is 1. The van der Waals surface area contributed by atoms with Gasteiger partial charge in [0.15, 0.2) is 17.3 Å². The summed E-state index contributed by atoms with van der Waals surface area (Å²) in [5.41, 5.74) is 1.63. The molecule has 2 N–H and O–H groups in total. The molecule has 3 aromatic rings. The lowest BCUT2D eigenvalue weighted by Crippen LogP contribution is -2.12. The van der Waals surface area contributed by atoms with Crippen LogP contribution in [0.3, 0.4) is 0 Å². The van der Waals surface area contributed by atoms with Gasteiger partial charge in [-0.1, -0.05) is 12.1 Å². The summed E-state index contributed by atoms with van der Waals surface area (Å²) in [6, 6.07) is 12.6. The van der Waals surface area contributed by atoms with Gasteiger partial charge in [-0.05, 0) is 30.3 Å². The van der Waals surface area contributed by atoms with Crippen LogP contribution in [0.5, 0.6) is 11.5 Å². The van der Waals surface area contributed by atoms with Crippen molar-refractivity contribution in [3.63, 3.8) is 0 Å². The quantitative estimate of drug-likeness (QED) is 0.745. The van der Waals surface area contributed by atoms with Crippen molar-refractivity contribution in [2.75, 3.05) is 19.5 Å². The van der Waals surface area contributed by atoms with Crippen molar-refractivity contribution in [2.24, 2.45) is 0 Å². The Balaban J connectivity index is 1.78. The molecule has 6 nitrogen and oxygen atoms in total. The number of carbonyl (C=O) groups excluding carboxylic acids is 1. The maximum absolute atomic E-state index is 13.3. The number of methoxy groups -OCH3 is 2. The minimum Gasteiger partial charge on any atom is -0.493 e. The first kappa shape index (κ1) is 16.5. The van der Waals surface area contributed by atoms with Crippen molar-refractivity contribution in [2.45, 2.75) is 0 Å². The number of hydrogen-bond acceptors (Lipinski definition) is 4. The molecule has 1 heterocycles. The molecule has 0 atom stereocenters. The minimum absolute atomic E-state index is 0.332. The van der Waals surface area contributed by atoms with E-state index in [1.165, 1.54) is 26.4 Å². The fourth-order valence-electron chi connectivity index (χ4n) is 2.36. The summed E-state index contributed by atoms with van der Waals surface area (Å²) in [6.45, 7) is 0. The molecule has 0 saturated carbocycles. The number of nitrogens with zero attached hydrogens (tertiary/aromatic N) is 1. The van der Waals surface area contributed by atoms with Gasteiger partial charge in [-0.3, -0.25) is 9.89 Å². The van der Waals surface area contributed by atoms with Crippen LogP contribution in [0, 0.1) is 5.82 Å². The molecule has 0 fully saturated rings. The number of carbonyl (C=O) groups is 1. The van der Waals surface area contributed by atoms with Gasteiger partial charge in [-0.15, -0.1) is 0 Å². The summed E-state index contributed by atoms with van der Waals surface area (Å²) in [5, 5.41) is 9.48. The SMILES string of the molecule is COc1ccc(C(=O)Nc2cc(-c3cccc(F)c3)[nH]n2)cc1OC. The van der Waals surface area contributed by atoms with Crippen LogP contribution in [0.25, 0.3) is 11.3 Å². The summed E-state index contributed by atoms with van der Waals surface area (Å²) in [4.78, 5) is 12.4. The maximum atomic E-state index is 13.3. The number of aromatic amines is 1. The average molecular weight is 341 g/mol. The van der Waals surface area contributed by atoms with Gasteiger partial charge >= 0.3 is 0 Å². The molecule has 3 rings (SSSR count). The van der Waals surface area contributed by atoms with Crippen molar-refractivity contribution >= 4 is 11.7 Å². The molecule has 1 aromatic heterocycles. The number of anilines is 1. The van der Waals surface area contributed by atoms with Crippen LogP contribution >= 0.6 is 0 Å². The first-order chi connectivity index (χ1) is 12.1. The zero-order valence-electron chi connectivity index (χ0n) is 13.7. The third-order valence-corrected chi connectivity index (χ3v) is 3.60. The predicted molar refractivity (Wildman–Crippen MR) is 91.5 cm³/mol. The standard InChI is InChI=1S/C18H16FN3O3/c1-24-15-7-6-12(9-16(15)25-2)18(23)20-17-10-14(21-22-17)11-4-3-5-13(19)8-11/h3-10H,1-2H3,(H2,20,21,22,23). The second kappa shape index (κ2) is 7.04. The Bertz CT molecular complexity index is 908. The average Bonchev–Trinajstić information content (AvgIpc) is 3.09. The Morgan fingerprint density at radius 2 is 1.88 bits per heavy atom. The molecule has 0 aliphatic heterocycles. The fraction of sp³-hybridized carbons (Fsp3) is 0.111. The zero-order valence-corrected chi connectivity index (χ0v) is 13.7. The van der Waals surface area contributed by atoms with Crippen molar-refractivity contribution in [1.29, 1.82) is 0 Å². The highest BCUT2D eigenvalue weighted by Gasteiger charge is 2.13. The second-order valence-electron chi connectivity index (χ2n) is 5.20. The van der Waals surface area contributed by atoms with Crippen molar-refractivity contribution in [3.8, 4) is 22.8 Å². The molecule has 0 unspecified atom stereocenters. The Labute approximate surface area is 143 Å². The number of aromatic nitrogens is 2. The topological polar surface area (TPSA) is 76.2 Å². The van der Waals surface area contributed by atoms with E-state index in [4.69, 9.17) is 9.47 Å². The smallest absolute Gasteiger partial charge is 0.257 e. The van der Waals surface area contributed by atoms with E-state index in [1.807, 2.05) is 0 Å². The highest BCUT2D eigenvalue weighted by atomic mass is 19.1. The Hall–Kier alpha value is -3.35. The minimum atomic E-state index is -0.349. The molecule has 0 radical (unpaired) electrons. The number of hydrogen-bond donors (Lipinski definition) is 2. The molecule has 0 aliphatic rings. The van der Waals surface area contributed by atoms with E-state index >= 15 is 0 Å². The summed E-state index contributed by atoms with van der Waals surface area (Å²) in [6.07, 6.45) is 0. The number of benzene rings is 2. The molecule has 0 saturated heterocycles. The Morgan fingerprint density at radius 1 is 1.08 bits per heavy atom. The maximum Gasteiger partial charge on any atom is 0.257 e. The van der Waals surface area contributed by atoms with Gasteiger partial charge in [0.05, 0.1) is 19.9 Å². The molecular weight excluding hydrogens is 325 g/mol. The number of H-pyrrole nitrogens is 1. The van der Waals surface area contributed by atoms with E-state index in [0.29, 0.717) is 34.1 Å². The first-order valence-electron chi connectivity index (χ1n) is 7.45. The lowest BCUT2D eigenvalue weighted by Gasteiger charge is -2.09. The molecule has 128 valence electrons. The van der Waals surface area contributed by atoms with Gasteiger partial charge in [-0.2, -0.15) is 5.10 Å². The largest absolute Gasteiger partial charge is 0.493 e. The van der Waals surface area contributed by atoms with Gasteiger partial charge in [0.25, 0.3) is 5.91 Å². The number of nitrogens with one attached hydrogen (secondary N) is 2. The van der Waals surface area contributed by atoms with Crippen molar-refractivity contribution in [1.82, 2.24) is 10.2 Å². The van der Waals surface area contributed by atoms with E-state index in [-0.39, 0.29) is 11.7 Å². The predicted octanol–water partition coefficient (Wildman–Crippen LogP) is 3.49. The molecule has 0 aliphatic carbocycles. The Kier molecular flexibility index (Phi) is 4.65. The molecule has 0 spiro atoms. The van der Waals surface area contributed by atoms with Gasteiger partial charge in [-0.25, -0.2) is 4.39 Å². The normalized spacial score (nSPS) is 10.4. The third kappa shape index (κ3) is 3.60. The molecule has 25 heavy (non-hydrogen) atoms. The number of rotatable bonds is 5. The lowest BCUT2D eigenvalue weighted by atomic mass is 10.1. The highest BCUT2D eigenvalue weighted by molar-refractivity contribution is 6.04. The molecule has 1 amide bonds. The van der Waals surface area contributed by atoms with E-state index in [1.54, 1.807) is 36.4 Å². The molecule has 2 aromatic carbocycles. The van der Waals surface area contributed by atoms with Crippen LogP contribution in [0.1, 0.15) is 10.4 Å². The summed E-state index contributed by atoms with van der Waals surface area (Å²) < 4.78 is 23.6. The van der Waals surface area contributed by atoms with Crippen LogP contribution in [0.4, 0.5) is 10.2 Å². The van der Waals surface area contributed by atoms with E-state index in [0.717, 1.165) is 0 Å². The highest BCUT2D eigenvalue weighted by Crippen LogP contribution is 2.28. The van der Waals surface area contributed by atoms with Gasteiger partial charge in [0.1, 0.15) is 5.82 Å². The van der Waals surface area contributed by atoms with Crippen LogP contribution < -0.4 is 14.8 Å².